The van der Waals surface area contributed by atoms with E-state index in [0.717, 1.165) is 12.0 Å². The van der Waals surface area contributed by atoms with Gasteiger partial charge in [-0.3, -0.25) is 0 Å². The van der Waals surface area contributed by atoms with Crippen LogP contribution in [0.5, 0.6) is 11.5 Å². The number of nitrogens with zero attached hydrogens (tertiary/aromatic N) is 2. The van der Waals surface area contributed by atoms with Crippen LogP contribution in [-0.4, -0.2) is 30.3 Å². The summed E-state index contributed by atoms with van der Waals surface area (Å²) in [5.41, 5.74) is 1.75. The number of methoxy groups -OCH3 is 2. The fraction of sp³-hybridized carbons (Fsp3) is 0.316. The average Bonchev–Trinajstić information content (AvgIpc) is 3.31. The van der Waals surface area contributed by atoms with Crippen LogP contribution >= 0.6 is 11.3 Å². The smallest absolute Gasteiger partial charge is 0.348 e. The maximum Gasteiger partial charge on any atom is 0.348 e. The highest BCUT2D eigenvalue weighted by Gasteiger charge is 2.17. The standard InChI is InChI=1S/C19H20N2O5S/c1-5-15-11(2)8-16(27-15)19(22)25-10-17-20-18(21-26-17)13-7-6-12(23-3)9-14(13)24-4/h6-9H,5,10H2,1-4H3. The molecule has 0 unspecified atom stereocenters. The van der Waals surface area contributed by atoms with Gasteiger partial charge in [0.2, 0.25) is 5.82 Å². The van der Waals surface area contributed by atoms with Crippen molar-refractivity contribution in [2.24, 2.45) is 0 Å². The third-order valence-corrected chi connectivity index (χ3v) is 5.35. The van der Waals surface area contributed by atoms with Crippen molar-refractivity contribution in [3.63, 3.8) is 0 Å². The maximum atomic E-state index is 12.2. The quantitative estimate of drug-likeness (QED) is 0.565. The molecule has 0 bridgehead atoms. The van der Waals surface area contributed by atoms with Gasteiger partial charge in [-0.05, 0) is 37.1 Å². The number of carbonyl (C=O) groups is 1. The summed E-state index contributed by atoms with van der Waals surface area (Å²) in [6.45, 7) is 3.95. The van der Waals surface area contributed by atoms with E-state index in [0.29, 0.717) is 27.8 Å². The Labute approximate surface area is 160 Å². The summed E-state index contributed by atoms with van der Waals surface area (Å²) in [6, 6.07) is 7.13. The number of hydrogen-bond acceptors (Lipinski definition) is 8. The highest BCUT2D eigenvalue weighted by Crippen LogP contribution is 2.31. The second kappa shape index (κ2) is 8.22. The minimum absolute atomic E-state index is 0.0945. The molecule has 0 saturated heterocycles. The Kier molecular flexibility index (Phi) is 5.75. The lowest BCUT2D eigenvalue weighted by molar-refractivity contribution is 0.0435. The largest absolute Gasteiger partial charge is 0.497 e. The average molecular weight is 388 g/mol. The molecule has 0 aliphatic rings. The van der Waals surface area contributed by atoms with E-state index in [1.165, 1.54) is 16.2 Å². The number of thiophene rings is 1. The maximum absolute atomic E-state index is 12.2. The molecule has 2 aromatic heterocycles. The van der Waals surface area contributed by atoms with Gasteiger partial charge in [0.25, 0.3) is 5.89 Å². The summed E-state index contributed by atoms with van der Waals surface area (Å²) in [5.74, 6) is 1.37. The highest BCUT2D eigenvalue weighted by molar-refractivity contribution is 7.14. The fourth-order valence-corrected chi connectivity index (χ4v) is 3.58. The van der Waals surface area contributed by atoms with Crippen molar-refractivity contribution < 1.29 is 23.5 Å². The van der Waals surface area contributed by atoms with E-state index < -0.39 is 5.97 Å². The molecule has 3 aromatic rings. The molecule has 3 rings (SSSR count). The van der Waals surface area contributed by atoms with E-state index in [4.69, 9.17) is 18.7 Å². The normalized spacial score (nSPS) is 10.7. The molecule has 0 radical (unpaired) electrons. The van der Waals surface area contributed by atoms with Crippen molar-refractivity contribution in [1.29, 1.82) is 0 Å². The van der Waals surface area contributed by atoms with Crippen molar-refractivity contribution in [2.45, 2.75) is 26.9 Å². The lowest BCUT2D eigenvalue weighted by Crippen LogP contribution is -2.03. The van der Waals surface area contributed by atoms with E-state index in [9.17, 15) is 4.79 Å². The van der Waals surface area contributed by atoms with Crippen molar-refractivity contribution in [3.8, 4) is 22.9 Å². The SMILES string of the molecule is CCc1sc(C(=O)OCc2nc(-c3ccc(OC)cc3OC)no2)cc1C. The van der Waals surface area contributed by atoms with Crippen molar-refractivity contribution >= 4 is 17.3 Å². The van der Waals surface area contributed by atoms with Crippen LogP contribution in [0.2, 0.25) is 0 Å². The second-order valence-electron chi connectivity index (χ2n) is 5.72. The zero-order valence-corrected chi connectivity index (χ0v) is 16.4. The topological polar surface area (TPSA) is 83.7 Å². The molecular weight excluding hydrogens is 368 g/mol. The second-order valence-corrected chi connectivity index (χ2v) is 6.86. The van der Waals surface area contributed by atoms with Gasteiger partial charge < -0.3 is 18.7 Å². The number of rotatable bonds is 7. The first-order valence-electron chi connectivity index (χ1n) is 8.37. The van der Waals surface area contributed by atoms with Crippen LogP contribution in [0.25, 0.3) is 11.4 Å². The number of carbonyl (C=O) groups excluding carboxylic acids is 1. The summed E-state index contributed by atoms with van der Waals surface area (Å²) in [6.07, 6.45) is 0.889. The first-order chi connectivity index (χ1) is 13.0. The third-order valence-electron chi connectivity index (χ3n) is 3.99. The van der Waals surface area contributed by atoms with Crippen LogP contribution in [0.3, 0.4) is 0 Å². The Balaban J connectivity index is 1.70. The van der Waals surface area contributed by atoms with E-state index in [-0.39, 0.29) is 12.5 Å². The van der Waals surface area contributed by atoms with Gasteiger partial charge in [-0.2, -0.15) is 4.98 Å². The van der Waals surface area contributed by atoms with Gasteiger partial charge in [-0.15, -0.1) is 11.3 Å². The van der Waals surface area contributed by atoms with Crippen molar-refractivity contribution in [3.05, 3.63) is 45.5 Å². The molecule has 142 valence electrons. The monoisotopic (exact) mass is 388 g/mol. The fourth-order valence-electron chi connectivity index (χ4n) is 2.58. The van der Waals surface area contributed by atoms with Crippen LogP contribution in [0.1, 0.15) is 32.9 Å². The number of ether oxygens (including phenoxy) is 3. The van der Waals surface area contributed by atoms with E-state index in [1.54, 1.807) is 32.4 Å². The first-order valence-corrected chi connectivity index (χ1v) is 9.18. The molecule has 7 nitrogen and oxygen atoms in total. The number of aromatic nitrogens is 2. The molecule has 1 aromatic carbocycles. The van der Waals surface area contributed by atoms with Gasteiger partial charge >= 0.3 is 5.97 Å². The molecule has 2 heterocycles. The van der Waals surface area contributed by atoms with Gasteiger partial charge in [-0.1, -0.05) is 12.1 Å². The lowest BCUT2D eigenvalue weighted by Gasteiger charge is -2.07. The molecular formula is C19H20N2O5S. The Hall–Kier alpha value is -2.87. The minimum Gasteiger partial charge on any atom is -0.497 e. The zero-order valence-electron chi connectivity index (χ0n) is 15.6. The van der Waals surface area contributed by atoms with Gasteiger partial charge in [0.05, 0.1) is 19.8 Å². The van der Waals surface area contributed by atoms with Gasteiger partial charge in [0.1, 0.15) is 16.4 Å². The molecule has 0 spiro atoms. The lowest BCUT2D eigenvalue weighted by atomic mass is 10.2. The molecule has 0 aliphatic carbocycles. The predicted octanol–water partition coefficient (Wildman–Crippen LogP) is 4.04. The summed E-state index contributed by atoms with van der Waals surface area (Å²) < 4.78 is 21.0. The number of esters is 1. The highest BCUT2D eigenvalue weighted by atomic mass is 32.1. The summed E-state index contributed by atoms with van der Waals surface area (Å²) in [5, 5.41) is 3.94. The first kappa shape index (κ1) is 18.9. The number of hydrogen-bond donors (Lipinski definition) is 0. The molecule has 0 atom stereocenters. The van der Waals surface area contributed by atoms with Crippen LogP contribution in [0.15, 0.2) is 28.8 Å². The molecule has 0 aliphatic heterocycles. The molecule has 0 amide bonds. The minimum atomic E-state index is -0.399. The Bertz CT molecular complexity index is 947. The van der Waals surface area contributed by atoms with E-state index in [2.05, 4.69) is 17.1 Å². The van der Waals surface area contributed by atoms with Crippen molar-refractivity contribution in [2.75, 3.05) is 14.2 Å². The Morgan fingerprint density at radius 1 is 1.22 bits per heavy atom. The Morgan fingerprint density at radius 3 is 2.70 bits per heavy atom. The predicted molar refractivity (Wildman–Crippen MR) is 100 cm³/mol. The molecule has 8 heteroatoms. The summed E-state index contributed by atoms with van der Waals surface area (Å²) >= 11 is 1.44. The summed E-state index contributed by atoms with van der Waals surface area (Å²) in [7, 11) is 3.13. The van der Waals surface area contributed by atoms with Gasteiger partial charge in [0.15, 0.2) is 6.61 Å². The number of aryl methyl sites for hydroxylation is 2. The van der Waals surface area contributed by atoms with E-state index in [1.807, 2.05) is 13.0 Å². The summed E-state index contributed by atoms with van der Waals surface area (Å²) in [4.78, 5) is 18.2. The van der Waals surface area contributed by atoms with Crippen LogP contribution < -0.4 is 9.47 Å². The van der Waals surface area contributed by atoms with E-state index >= 15 is 0 Å². The molecule has 0 N–H and O–H groups in total. The van der Waals surface area contributed by atoms with Gasteiger partial charge in [-0.25, -0.2) is 4.79 Å². The molecule has 0 saturated carbocycles. The number of benzene rings is 1. The van der Waals surface area contributed by atoms with Crippen LogP contribution in [0.4, 0.5) is 0 Å². The van der Waals surface area contributed by atoms with Crippen molar-refractivity contribution in [1.82, 2.24) is 10.1 Å². The van der Waals surface area contributed by atoms with Gasteiger partial charge in [0, 0.05) is 10.9 Å². The molecule has 0 fully saturated rings. The van der Waals surface area contributed by atoms with Crippen LogP contribution in [0, 0.1) is 6.92 Å². The zero-order chi connectivity index (χ0) is 19.4. The molecule has 27 heavy (non-hydrogen) atoms. The Morgan fingerprint density at radius 2 is 2.04 bits per heavy atom. The van der Waals surface area contributed by atoms with Crippen LogP contribution in [-0.2, 0) is 17.8 Å². The third kappa shape index (κ3) is 4.11.